The van der Waals surface area contributed by atoms with Crippen molar-refractivity contribution in [3.63, 3.8) is 0 Å². The summed E-state index contributed by atoms with van der Waals surface area (Å²) < 4.78 is 0. The first-order valence-electron chi connectivity index (χ1n) is 7.30. The number of nitro groups is 1. The molecule has 0 aliphatic carbocycles. The van der Waals surface area contributed by atoms with Gasteiger partial charge in [-0.1, -0.05) is 0 Å². The van der Waals surface area contributed by atoms with Gasteiger partial charge in [0.15, 0.2) is 0 Å². The number of benzene rings is 1. The Labute approximate surface area is 127 Å². The minimum absolute atomic E-state index is 0.0851. The highest BCUT2D eigenvalue weighted by Gasteiger charge is 2.51. The molecule has 0 atom stereocenters. The normalized spacial score (nSPS) is 36.5. The van der Waals surface area contributed by atoms with Gasteiger partial charge in [-0.05, 0) is 17.7 Å². The predicted molar refractivity (Wildman–Crippen MR) is 81.0 cm³/mol. The highest BCUT2D eigenvalue weighted by molar-refractivity contribution is 6.05. The second kappa shape index (κ2) is 4.73. The molecule has 1 aromatic carbocycles. The lowest BCUT2D eigenvalue weighted by Gasteiger charge is -2.60. The maximum atomic E-state index is 10.8. The second-order valence-electron chi connectivity index (χ2n) is 6.47. The lowest BCUT2D eigenvalue weighted by molar-refractivity contribution is -0.384. The fourth-order valence-electron chi connectivity index (χ4n) is 4.20. The predicted octanol–water partition coefficient (Wildman–Crippen LogP) is 0.0633. The molecule has 0 radical (unpaired) electrons. The highest BCUT2D eigenvalue weighted by atomic mass is 16.6. The summed E-state index contributed by atoms with van der Waals surface area (Å²) in [7, 11) is 0. The molecule has 4 saturated heterocycles. The maximum absolute atomic E-state index is 10.8. The first-order valence-corrected chi connectivity index (χ1v) is 7.30. The Morgan fingerprint density at radius 2 is 1.59 bits per heavy atom. The van der Waals surface area contributed by atoms with Gasteiger partial charge in [0.05, 0.1) is 36.1 Å². The van der Waals surface area contributed by atoms with E-state index in [9.17, 15) is 10.1 Å². The summed E-state index contributed by atoms with van der Waals surface area (Å²) in [5, 5.41) is 14.9. The van der Waals surface area contributed by atoms with Crippen LogP contribution in [0.25, 0.3) is 0 Å². The molecule has 22 heavy (non-hydrogen) atoms. The van der Waals surface area contributed by atoms with Crippen LogP contribution in [0.15, 0.2) is 29.4 Å². The first-order chi connectivity index (χ1) is 10.6. The summed E-state index contributed by atoms with van der Waals surface area (Å²) in [6.07, 6.45) is 0. The molecule has 8 nitrogen and oxygen atoms in total. The number of nitrogens with zero attached hydrogens (tertiary/aromatic N) is 5. The SMILES string of the molecule is N/N=C(\c1ccc([N+](=O)[O-])cc1)C12CN3CN(CN(C3)C1)C2. The van der Waals surface area contributed by atoms with Crippen molar-refractivity contribution >= 4 is 11.4 Å². The molecule has 0 aromatic heterocycles. The van der Waals surface area contributed by atoms with Crippen molar-refractivity contribution in [3.05, 3.63) is 39.9 Å². The van der Waals surface area contributed by atoms with Gasteiger partial charge in [-0.3, -0.25) is 24.8 Å². The fraction of sp³-hybridized carbons (Fsp3) is 0.500. The molecule has 1 aromatic rings. The average molecular weight is 302 g/mol. The molecule has 4 aliphatic heterocycles. The lowest BCUT2D eigenvalue weighted by Crippen LogP contribution is -2.74. The van der Waals surface area contributed by atoms with Crippen molar-refractivity contribution in [2.75, 3.05) is 39.6 Å². The number of non-ortho nitro benzene ring substituents is 1. The Bertz CT molecular complexity index is 606. The molecular formula is C14H18N6O2. The van der Waals surface area contributed by atoms with Crippen LogP contribution in [0, 0.1) is 15.5 Å². The van der Waals surface area contributed by atoms with Crippen LogP contribution in [0.3, 0.4) is 0 Å². The number of rotatable bonds is 3. The third kappa shape index (κ3) is 1.99. The molecule has 4 bridgehead atoms. The molecule has 116 valence electrons. The van der Waals surface area contributed by atoms with E-state index in [1.807, 2.05) is 0 Å². The summed E-state index contributed by atoms with van der Waals surface area (Å²) in [6, 6.07) is 6.54. The van der Waals surface area contributed by atoms with E-state index in [2.05, 4.69) is 19.8 Å². The van der Waals surface area contributed by atoms with Gasteiger partial charge in [-0.15, -0.1) is 0 Å². The topological polar surface area (TPSA) is 91.2 Å². The van der Waals surface area contributed by atoms with Crippen LogP contribution in [0.4, 0.5) is 5.69 Å². The van der Waals surface area contributed by atoms with E-state index < -0.39 is 4.92 Å². The summed E-state index contributed by atoms with van der Waals surface area (Å²) in [4.78, 5) is 17.6. The van der Waals surface area contributed by atoms with Gasteiger partial charge < -0.3 is 5.84 Å². The van der Waals surface area contributed by atoms with E-state index in [0.29, 0.717) is 0 Å². The van der Waals surface area contributed by atoms with Crippen LogP contribution in [0.1, 0.15) is 5.56 Å². The van der Waals surface area contributed by atoms with Crippen LogP contribution in [-0.2, 0) is 0 Å². The fourth-order valence-corrected chi connectivity index (χ4v) is 4.20. The van der Waals surface area contributed by atoms with Gasteiger partial charge in [0, 0.05) is 31.8 Å². The number of hydrogen-bond acceptors (Lipinski definition) is 7. The molecule has 2 N–H and O–H groups in total. The van der Waals surface area contributed by atoms with Crippen molar-refractivity contribution in [1.82, 2.24) is 14.7 Å². The van der Waals surface area contributed by atoms with Crippen LogP contribution in [-0.4, -0.2) is 65.0 Å². The minimum atomic E-state index is -0.392. The molecule has 0 spiro atoms. The number of nitrogens with two attached hydrogens (primary N) is 1. The molecule has 0 saturated carbocycles. The van der Waals surface area contributed by atoms with Gasteiger partial charge in [-0.25, -0.2) is 0 Å². The number of hydrazone groups is 1. The van der Waals surface area contributed by atoms with E-state index >= 15 is 0 Å². The van der Waals surface area contributed by atoms with Crippen molar-refractivity contribution in [2.45, 2.75) is 0 Å². The van der Waals surface area contributed by atoms with E-state index in [0.717, 1.165) is 50.9 Å². The Morgan fingerprint density at radius 3 is 2.00 bits per heavy atom. The van der Waals surface area contributed by atoms with E-state index in [1.165, 1.54) is 12.1 Å². The Hall–Kier alpha value is -2.03. The minimum Gasteiger partial charge on any atom is -0.323 e. The lowest BCUT2D eigenvalue weighted by atomic mass is 9.74. The maximum Gasteiger partial charge on any atom is 0.269 e. The summed E-state index contributed by atoms with van der Waals surface area (Å²) >= 11 is 0. The van der Waals surface area contributed by atoms with Crippen LogP contribution in [0.5, 0.6) is 0 Å². The Kier molecular flexibility index (Phi) is 2.93. The zero-order valence-corrected chi connectivity index (χ0v) is 12.2. The van der Waals surface area contributed by atoms with Gasteiger partial charge in [0.1, 0.15) is 0 Å². The van der Waals surface area contributed by atoms with Crippen molar-refractivity contribution in [2.24, 2.45) is 16.4 Å². The zero-order chi connectivity index (χ0) is 15.3. The van der Waals surface area contributed by atoms with Gasteiger partial charge in [0.2, 0.25) is 0 Å². The molecular weight excluding hydrogens is 284 g/mol. The number of nitro benzene ring substituents is 1. The second-order valence-corrected chi connectivity index (χ2v) is 6.47. The Morgan fingerprint density at radius 1 is 1.09 bits per heavy atom. The van der Waals surface area contributed by atoms with Gasteiger partial charge >= 0.3 is 0 Å². The Balaban J connectivity index is 1.69. The third-order valence-electron chi connectivity index (χ3n) is 4.76. The van der Waals surface area contributed by atoms with Gasteiger partial charge in [0.25, 0.3) is 5.69 Å². The van der Waals surface area contributed by atoms with Crippen LogP contribution < -0.4 is 5.84 Å². The molecule has 4 heterocycles. The van der Waals surface area contributed by atoms with Crippen molar-refractivity contribution in [1.29, 1.82) is 0 Å². The molecule has 4 aliphatic rings. The van der Waals surface area contributed by atoms with Gasteiger partial charge in [-0.2, -0.15) is 5.10 Å². The van der Waals surface area contributed by atoms with E-state index in [4.69, 9.17) is 5.84 Å². The molecule has 0 amide bonds. The summed E-state index contributed by atoms with van der Waals surface area (Å²) in [5.41, 5.74) is 1.70. The third-order valence-corrected chi connectivity index (χ3v) is 4.76. The number of hydrogen-bond donors (Lipinski definition) is 1. The van der Waals surface area contributed by atoms with Crippen molar-refractivity contribution < 1.29 is 4.92 Å². The first kappa shape index (κ1) is 13.6. The van der Waals surface area contributed by atoms with E-state index in [1.54, 1.807) is 12.1 Å². The highest BCUT2D eigenvalue weighted by Crippen LogP contribution is 2.38. The monoisotopic (exact) mass is 302 g/mol. The molecule has 4 fully saturated rings. The van der Waals surface area contributed by atoms with Crippen molar-refractivity contribution in [3.8, 4) is 0 Å². The average Bonchev–Trinajstić information content (AvgIpc) is 2.46. The largest absolute Gasteiger partial charge is 0.323 e. The summed E-state index contributed by atoms with van der Waals surface area (Å²) in [6.45, 7) is 5.80. The smallest absolute Gasteiger partial charge is 0.269 e. The standard InChI is InChI=1S/C14H18N6O2/c15-16-13(11-1-3-12(4-2-11)20(21)22)14-5-17-8-18(6-14)10-19(7-14)9-17/h1-4H,5-10,15H2/b16-13+. The van der Waals surface area contributed by atoms with Crippen LogP contribution >= 0.6 is 0 Å². The quantitative estimate of drug-likeness (QED) is 0.367. The molecule has 5 rings (SSSR count). The molecule has 0 unspecified atom stereocenters. The van der Waals surface area contributed by atoms with Crippen LogP contribution in [0.2, 0.25) is 0 Å². The zero-order valence-electron chi connectivity index (χ0n) is 12.2. The molecule has 8 heteroatoms. The summed E-state index contributed by atoms with van der Waals surface area (Å²) in [5.74, 6) is 5.72. The van der Waals surface area contributed by atoms with E-state index in [-0.39, 0.29) is 11.1 Å².